The van der Waals surface area contributed by atoms with Crippen LogP contribution >= 0.6 is 0 Å². The molecule has 21 heavy (non-hydrogen) atoms. The van der Waals surface area contributed by atoms with E-state index in [4.69, 9.17) is 10.2 Å². The van der Waals surface area contributed by atoms with Crippen LogP contribution in [-0.4, -0.2) is 18.2 Å². The first kappa shape index (κ1) is 18.4. The minimum absolute atomic E-state index is 0.700. The fourth-order valence-electron chi connectivity index (χ4n) is 1.90. The van der Waals surface area contributed by atoms with Crippen LogP contribution in [0.2, 0.25) is 0 Å². The molecule has 6 nitrogen and oxygen atoms in total. The fraction of sp³-hybridized carbons (Fsp3) is 0.400. The molecule has 1 rings (SSSR count). The van der Waals surface area contributed by atoms with Crippen LogP contribution in [0, 0.1) is 5.41 Å². The number of rotatable bonds is 4. The van der Waals surface area contributed by atoms with E-state index < -0.39 is 11.1 Å². The summed E-state index contributed by atoms with van der Waals surface area (Å²) in [5.74, 6) is 0. The van der Waals surface area contributed by atoms with Crippen LogP contribution < -0.4 is 0 Å². The number of benzene rings is 1. The highest BCUT2D eigenvalue weighted by atomic mass is 16.1. The summed E-state index contributed by atoms with van der Waals surface area (Å²) in [4.78, 5) is 37.0. The Morgan fingerprint density at radius 1 is 0.857 bits per heavy atom. The van der Waals surface area contributed by atoms with Gasteiger partial charge in [0.1, 0.15) is 0 Å². The van der Waals surface area contributed by atoms with Crippen molar-refractivity contribution in [1.82, 2.24) is 0 Å². The van der Waals surface area contributed by atoms with E-state index in [1.807, 2.05) is 52.0 Å². The third-order valence-corrected chi connectivity index (χ3v) is 2.90. The number of carbonyl (C=O) groups excluding carboxylic acids is 3. The second kappa shape index (κ2) is 7.83. The van der Waals surface area contributed by atoms with Crippen molar-refractivity contribution >= 4 is 18.2 Å². The van der Waals surface area contributed by atoms with Gasteiger partial charge in [0.15, 0.2) is 0 Å². The molecule has 0 saturated heterocycles. The van der Waals surface area contributed by atoms with Gasteiger partial charge in [0.25, 0.3) is 0 Å². The molecular formula is C15H17N3O3. The Labute approximate surface area is 123 Å². The molecule has 0 aliphatic rings. The first-order valence-electron chi connectivity index (χ1n) is 6.08. The maximum atomic E-state index is 10.5. The molecule has 0 aliphatic heterocycles. The molecule has 0 aliphatic carbocycles. The molecule has 0 atom stereocenters. The molecule has 6 heteroatoms. The SMILES string of the molecule is CC(C)(N=C=O)c1ccccc1C(C)(C)N=C=O.N=C=O. The van der Waals surface area contributed by atoms with E-state index in [2.05, 4.69) is 9.98 Å². The summed E-state index contributed by atoms with van der Waals surface area (Å²) in [6.07, 6.45) is 3.92. The quantitative estimate of drug-likeness (QED) is 0.680. The Morgan fingerprint density at radius 2 is 1.14 bits per heavy atom. The Hall–Kier alpha value is -2.64. The minimum Gasteiger partial charge on any atom is -0.222 e. The van der Waals surface area contributed by atoms with Gasteiger partial charge in [-0.3, -0.25) is 0 Å². The number of hydrogen-bond donors (Lipinski definition) is 1. The molecule has 0 bridgehead atoms. The van der Waals surface area contributed by atoms with E-state index in [-0.39, 0.29) is 0 Å². The Bertz CT molecular complexity index is 568. The summed E-state index contributed by atoms with van der Waals surface area (Å²) in [5.41, 5.74) is 0.289. The summed E-state index contributed by atoms with van der Waals surface area (Å²) in [6, 6.07) is 7.47. The molecule has 110 valence electrons. The van der Waals surface area contributed by atoms with Crippen molar-refractivity contribution in [2.75, 3.05) is 0 Å². The second-order valence-corrected chi connectivity index (χ2v) is 5.17. The molecule has 1 aromatic carbocycles. The topological polar surface area (TPSA) is 99.8 Å². The van der Waals surface area contributed by atoms with E-state index in [1.165, 1.54) is 0 Å². The first-order valence-corrected chi connectivity index (χ1v) is 6.08. The molecule has 1 aromatic rings. The predicted octanol–water partition coefficient (Wildman–Crippen LogP) is 2.73. The van der Waals surface area contributed by atoms with Crippen molar-refractivity contribution in [2.45, 2.75) is 38.8 Å². The van der Waals surface area contributed by atoms with E-state index >= 15 is 0 Å². The van der Waals surface area contributed by atoms with Crippen molar-refractivity contribution in [3.63, 3.8) is 0 Å². The van der Waals surface area contributed by atoms with E-state index in [9.17, 15) is 9.59 Å². The van der Waals surface area contributed by atoms with Crippen molar-refractivity contribution < 1.29 is 14.4 Å². The molecule has 0 aromatic heterocycles. The average molecular weight is 287 g/mol. The van der Waals surface area contributed by atoms with Gasteiger partial charge in [-0.15, -0.1) is 0 Å². The highest BCUT2D eigenvalue weighted by Gasteiger charge is 2.30. The van der Waals surface area contributed by atoms with Crippen LogP contribution in [-0.2, 0) is 25.5 Å². The summed E-state index contributed by atoms with van der Waals surface area (Å²) < 4.78 is 0. The van der Waals surface area contributed by atoms with Crippen LogP contribution in [0.5, 0.6) is 0 Å². The van der Waals surface area contributed by atoms with Gasteiger partial charge < -0.3 is 0 Å². The predicted molar refractivity (Wildman–Crippen MR) is 77.2 cm³/mol. The highest BCUT2D eigenvalue weighted by Crippen LogP contribution is 2.35. The lowest BCUT2D eigenvalue weighted by Gasteiger charge is -2.28. The van der Waals surface area contributed by atoms with Gasteiger partial charge in [0, 0.05) is 0 Å². The number of nitrogens with zero attached hydrogens (tertiary/aromatic N) is 2. The lowest BCUT2D eigenvalue weighted by Crippen LogP contribution is -2.23. The first-order chi connectivity index (χ1) is 9.76. The third-order valence-electron chi connectivity index (χ3n) is 2.90. The van der Waals surface area contributed by atoms with Gasteiger partial charge >= 0.3 is 0 Å². The Morgan fingerprint density at radius 3 is 1.38 bits per heavy atom. The van der Waals surface area contributed by atoms with E-state index in [0.29, 0.717) is 0 Å². The van der Waals surface area contributed by atoms with Gasteiger partial charge in [0.2, 0.25) is 18.2 Å². The molecule has 0 radical (unpaired) electrons. The van der Waals surface area contributed by atoms with Crippen molar-refractivity contribution in [2.24, 2.45) is 9.98 Å². The molecule has 0 spiro atoms. The average Bonchev–Trinajstić information content (AvgIpc) is 2.39. The van der Waals surface area contributed by atoms with Crippen LogP contribution in [0.3, 0.4) is 0 Å². The molecule has 0 unspecified atom stereocenters. The number of aliphatic imine (C=N–C) groups is 2. The zero-order valence-corrected chi connectivity index (χ0v) is 12.4. The summed E-state index contributed by atoms with van der Waals surface area (Å²) in [6.45, 7) is 7.27. The van der Waals surface area contributed by atoms with Crippen molar-refractivity contribution in [3.8, 4) is 0 Å². The minimum atomic E-state index is -0.700. The number of nitrogens with one attached hydrogen (secondary N) is 1. The maximum absolute atomic E-state index is 10.5. The van der Waals surface area contributed by atoms with Gasteiger partial charge in [-0.25, -0.2) is 19.8 Å². The molecule has 0 heterocycles. The number of hydrogen-bond acceptors (Lipinski definition) is 6. The highest BCUT2D eigenvalue weighted by molar-refractivity contribution is 5.44. The monoisotopic (exact) mass is 287 g/mol. The molecule has 1 N–H and O–H groups in total. The smallest absolute Gasteiger partial charge is 0.222 e. The standard InChI is InChI=1S/C14H16N2O2.CHNO/c1-13(2,15-9-17)11-7-5-6-8-12(11)14(3,4)16-10-18;2-1-3/h5-8H,1-4H3;2H. The molecular weight excluding hydrogens is 270 g/mol. The van der Waals surface area contributed by atoms with Crippen LogP contribution in [0.4, 0.5) is 0 Å². The van der Waals surface area contributed by atoms with Crippen molar-refractivity contribution in [3.05, 3.63) is 35.4 Å². The van der Waals surface area contributed by atoms with Gasteiger partial charge in [-0.05, 0) is 38.8 Å². The fourth-order valence-corrected chi connectivity index (χ4v) is 1.90. The molecule has 0 saturated carbocycles. The zero-order valence-electron chi connectivity index (χ0n) is 12.4. The van der Waals surface area contributed by atoms with Crippen LogP contribution in [0.1, 0.15) is 38.8 Å². The summed E-state index contributed by atoms with van der Waals surface area (Å²) >= 11 is 0. The van der Waals surface area contributed by atoms with E-state index in [0.717, 1.165) is 17.2 Å². The summed E-state index contributed by atoms with van der Waals surface area (Å²) in [7, 11) is 0. The van der Waals surface area contributed by atoms with Crippen LogP contribution in [0.15, 0.2) is 34.3 Å². The lowest BCUT2D eigenvalue weighted by atomic mass is 9.82. The Balaban J connectivity index is 0.00000122. The lowest BCUT2D eigenvalue weighted by molar-refractivity contribution is 0.485. The molecule has 0 amide bonds. The van der Waals surface area contributed by atoms with Gasteiger partial charge in [-0.1, -0.05) is 24.3 Å². The largest absolute Gasteiger partial charge is 0.235 e. The summed E-state index contributed by atoms with van der Waals surface area (Å²) in [5, 5.41) is 5.40. The van der Waals surface area contributed by atoms with Crippen LogP contribution in [0.25, 0.3) is 0 Å². The Kier molecular flexibility index (Phi) is 6.85. The maximum Gasteiger partial charge on any atom is 0.235 e. The second-order valence-electron chi connectivity index (χ2n) is 5.17. The van der Waals surface area contributed by atoms with Gasteiger partial charge in [-0.2, -0.15) is 9.98 Å². The molecule has 0 fully saturated rings. The van der Waals surface area contributed by atoms with Crippen molar-refractivity contribution in [1.29, 1.82) is 5.41 Å². The normalized spacial score (nSPS) is 10.1. The third kappa shape index (κ3) is 5.09. The zero-order chi connectivity index (χ0) is 16.5. The number of isocyanates is 3. The van der Waals surface area contributed by atoms with Gasteiger partial charge in [0.05, 0.1) is 11.1 Å². The van der Waals surface area contributed by atoms with E-state index in [1.54, 1.807) is 12.2 Å².